The number of nitrogen functional groups attached to an aromatic ring is 1. The molecule has 9 heteroatoms. The largest absolute Gasteiger partial charge is 0.464 e. The Bertz CT molecular complexity index is 438. The molecule has 106 valence electrons. The van der Waals surface area contributed by atoms with Crippen molar-refractivity contribution in [3.63, 3.8) is 0 Å². The Kier molecular flexibility index (Phi) is 5.24. The summed E-state index contributed by atoms with van der Waals surface area (Å²) in [5.41, 5.74) is 2.33. The maximum atomic E-state index is 11.6. The molecule has 0 saturated carbocycles. The van der Waals surface area contributed by atoms with Crippen molar-refractivity contribution < 1.29 is 9.53 Å². The highest BCUT2D eigenvalue weighted by molar-refractivity contribution is 5.80. The molecule has 0 fully saturated rings. The Morgan fingerprint density at radius 2 is 2.00 bits per heavy atom. The molecular weight excluding hydrogens is 250 g/mol. The fourth-order valence-corrected chi connectivity index (χ4v) is 1.19. The SMILES string of the molecule is CCOc1nc(NN)nc(N(C)CC(=O)N(C)C)n1. The Morgan fingerprint density at radius 3 is 2.53 bits per heavy atom. The van der Waals surface area contributed by atoms with Gasteiger partial charge in [-0.05, 0) is 6.92 Å². The number of likely N-dealkylation sites (N-methyl/N-ethyl adjacent to an activating group) is 2. The van der Waals surface area contributed by atoms with E-state index in [2.05, 4.69) is 20.4 Å². The molecule has 0 bridgehead atoms. The van der Waals surface area contributed by atoms with Gasteiger partial charge in [0.25, 0.3) is 0 Å². The molecule has 1 heterocycles. The van der Waals surface area contributed by atoms with Crippen molar-refractivity contribution in [1.29, 1.82) is 0 Å². The minimum Gasteiger partial charge on any atom is -0.464 e. The van der Waals surface area contributed by atoms with Crippen LogP contribution in [0.4, 0.5) is 11.9 Å². The third kappa shape index (κ3) is 4.21. The van der Waals surface area contributed by atoms with Gasteiger partial charge in [0.05, 0.1) is 13.2 Å². The zero-order valence-corrected chi connectivity index (χ0v) is 11.5. The van der Waals surface area contributed by atoms with Gasteiger partial charge in [-0.15, -0.1) is 0 Å². The molecule has 0 aliphatic rings. The van der Waals surface area contributed by atoms with Crippen LogP contribution >= 0.6 is 0 Å². The maximum Gasteiger partial charge on any atom is 0.323 e. The zero-order chi connectivity index (χ0) is 14.4. The van der Waals surface area contributed by atoms with Crippen molar-refractivity contribution in [1.82, 2.24) is 19.9 Å². The summed E-state index contributed by atoms with van der Waals surface area (Å²) < 4.78 is 5.21. The summed E-state index contributed by atoms with van der Waals surface area (Å²) in [7, 11) is 5.07. The van der Waals surface area contributed by atoms with Gasteiger partial charge in [0.1, 0.15) is 0 Å². The van der Waals surface area contributed by atoms with Gasteiger partial charge in [0.2, 0.25) is 17.8 Å². The molecule has 0 aliphatic carbocycles. The average Bonchev–Trinajstić information content (AvgIpc) is 2.38. The quantitative estimate of drug-likeness (QED) is 0.504. The van der Waals surface area contributed by atoms with Gasteiger partial charge in [0.15, 0.2) is 0 Å². The van der Waals surface area contributed by atoms with Crippen molar-refractivity contribution in [2.75, 3.05) is 44.6 Å². The van der Waals surface area contributed by atoms with Crippen molar-refractivity contribution in [3.05, 3.63) is 0 Å². The Hall–Kier alpha value is -2.16. The van der Waals surface area contributed by atoms with Crippen LogP contribution in [0.3, 0.4) is 0 Å². The van der Waals surface area contributed by atoms with Crippen LogP contribution in [0.5, 0.6) is 6.01 Å². The second kappa shape index (κ2) is 6.69. The summed E-state index contributed by atoms with van der Waals surface area (Å²) in [6.45, 7) is 2.39. The Morgan fingerprint density at radius 1 is 1.32 bits per heavy atom. The number of amides is 1. The summed E-state index contributed by atoms with van der Waals surface area (Å²) in [4.78, 5) is 26.8. The molecule has 1 rings (SSSR count). The lowest BCUT2D eigenvalue weighted by molar-refractivity contribution is -0.127. The van der Waals surface area contributed by atoms with Gasteiger partial charge < -0.3 is 14.5 Å². The summed E-state index contributed by atoms with van der Waals surface area (Å²) in [5, 5.41) is 0. The van der Waals surface area contributed by atoms with E-state index in [1.54, 1.807) is 26.0 Å². The van der Waals surface area contributed by atoms with Crippen LogP contribution in [0.1, 0.15) is 6.92 Å². The Balaban J connectivity index is 2.91. The summed E-state index contributed by atoms with van der Waals surface area (Å²) in [5.74, 6) is 5.70. The average molecular weight is 269 g/mol. The second-order valence-electron chi connectivity index (χ2n) is 3.96. The zero-order valence-electron chi connectivity index (χ0n) is 11.5. The first-order valence-corrected chi connectivity index (χ1v) is 5.74. The molecule has 0 aromatic carbocycles. The molecule has 1 aromatic heterocycles. The van der Waals surface area contributed by atoms with Gasteiger partial charge >= 0.3 is 6.01 Å². The normalized spacial score (nSPS) is 9.95. The van der Waals surface area contributed by atoms with Crippen LogP contribution in [-0.4, -0.2) is 60.1 Å². The number of carbonyl (C=O) groups excluding carboxylic acids is 1. The molecule has 0 aliphatic heterocycles. The number of hydrogen-bond donors (Lipinski definition) is 2. The number of hydrazine groups is 1. The van der Waals surface area contributed by atoms with Crippen molar-refractivity contribution in [2.24, 2.45) is 5.84 Å². The van der Waals surface area contributed by atoms with Crippen molar-refractivity contribution >= 4 is 17.8 Å². The highest BCUT2D eigenvalue weighted by Crippen LogP contribution is 2.13. The first-order chi connectivity index (χ1) is 8.97. The lowest BCUT2D eigenvalue weighted by Crippen LogP contribution is -2.35. The predicted molar refractivity (Wildman–Crippen MR) is 70.8 cm³/mol. The second-order valence-corrected chi connectivity index (χ2v) is 3.96. The number of nitrogens with one attached hydrogen (secondary N) is 1. The fraction of sp³-hybridized carbons (Fsp3) is 0.600. The highest BCUT2D eigenvalue weighted by Gasteiger charge is 2.14. The Labute approximate surface area is 111 Å². The first kappa shape index (κ1) is 14.9. The van der Waals surface area contributed by atoms with E-state index in [0.717, 1.165) is 0 Å². The number of rotatable bonds is 6. The molecule has 0 saturated heterocycles. The van der Waals surface area contributed by atoms with E-state index in [1.807, 2.05) is 6.92 Å². The monoisotopic (exact) mass is 269 g/mol. The molecule has 0 unspecified atom stereocenters. The molecule has 0 atom stereocenters. The molecule has 9 nitrogen and oxygen atoms in total. The van der Waals surface area contributed by atoms with Crippen molar-refractivity contribution in [3.8, 4) is 6.01 Å². The topological polar surface area (TPSA) is 110 Å². The van der Waals surface area contributed by atoms with Crippen LogP contribution in [0.2, 0.25) is 0 Å². The van der Waals surface area contributed by atoms with Crippen molar-refractivity contribution in [2.45, 2.75) is 6.92 Å². The van der Waals surface area contributed by atoms with Gasteiger partial charge in [-0.2, -0.15) is 15.0 Å². The lowest BCUT2D eigenvalue weighted by atomic mass is 10.5. The molecule has 1 amide bonds. The van der Waals surface area contributed by atoms with Crippen LogP contribution in [0, 0.1) is 0 Å². The van der Waals surface area contributed by atoms with Gasteiger partial charge in [0, 0.05) is 21.1 Å². The van der Waals surface area contributed by atoms with Crippen LogP contribution < -0.4 is 20.9 Å². The molecule has 0 spiro atoms. The van der Waals surface area contributed by atoms with Crippen LogP contribution in [0.15, 0.2) is 0 Å². The van der Waals surface area contributed by atoms with Gasteiger partial charge in [-0.25, -0.2) is 5.84 Å². The number of nitrogens with two attached hydrogens (primary N) is 1. The van der Waals surface area contributed by atoms with Gasteiger partial charge in [-0.1, -0.05) is 0 Å². The van der Waals surface area contributed by atoms with Crippen LogP contribution in [-0.2, 0) is 4.79 Å². The summed E-state index contributed by atoms with van der Waals surface area (Å²) in [6, 6.07) is 0.157. The van der Waals surface area contributed by atoms with E-state index in [9.17, 15) is 4.79 Å². The number of hydrogen-bond acceptors (Lipinski definition) is 8. The molecule has 1 aromatic rings. The van der Waals surface area contributed by atoms with E-state index in [-0.39, 0.29) is 24.4 Å². The van der Waals surface area contributed by atoms with E-state index in [1.165, 1.54) is 4.90 Å². The third-order valence-electron chi connectivity index (χ3n) is 2.22. The molecule has 19 heavy (non-hydrogen) atoms. The number of anilines is 2. The number of aromatic nitrogens is 3. The molecule has 0 radical (unpaired) electrons. The number of nitrogens with zero attached hydrogens (tertiary/aromatic N) is 5. The standard InChI is InChI=1S/C10H19N7O2/c1-5-19-10-13-8(15-11)12-9(14-10)17(4)6-7(18)16(2)3/h5-6,11H2,1-4H3,(H,12,13,14,15). The molecular formula is C10H19N7O2. The smallest absolute Gasteiger partial charge is 0.323 e. The number of ether oxygens (including phenoxy) is 1. The predicted octanol–water partition coefficient (Wildman–Crippen LogP) is -0.920. The number of carbonyl (C=O) groups is 1. The van der Waals surface area contributed by atoms with Crippen LogP contribution in [0.25, 0.3) is 0 Å². The lowest BCUT2D eigenvalue weighted by Gasteiger charge is -2.19. The maximum absolute atomic E-state index is 11.6. The minimum atomic E-state index is -0.0665. The summed E-state index contributed by atoms with van der Waals surface area (Å²) in [6.07, 6.45) is 0. The van der Waals surface area contributed by atoms with Gasteiger partial charge in [-0.3, -0.25) is 10.2 Å². The highest BCUT2D eigenvalue weighted by atomic mass is 16.5. The third-order valence-corrected chi connectivity index (χ3v) is 2.22. The van der Waals surface area contributed by atoms with E-state index >= 15 is 0 Å². The first-order valence-electron chi connectivity index (χ1n) is 5.74. The van der Waals surface area contributed by atoms with E-state index in [4.69, 9.17) is 10.6 Å². The van der Waals surface area contributed by atoms with E-state index in [0.29, 0.717) is 12.6 Å². The van der Waals surface area contributed by atoms with E-state index < -0.39 is 0 Å². The minimum absolute atomic E-state index is 0.0665. The summed E-state index contributed by atoms with van der Waals surface area (Å²) >= 11 is 0. The fourth-order valence-electron chi connectivity index (χ4n) is 1.19. The molecule has 3 N–H and O–H groups in total.